The highest BCUT2D eigenvalue weighted by atomic mass is 35.5. The third-order valence-corrected chi connectivity index (χ3v) is 3.15. The largest absolute Gasteiger partial charge is 0.508 e. The van der Waals surface area contributed by atoms with E-state index in [1.165, 1.54) is 0 Å². The molecule has 0 saturated heterocycles. The number of anilines is 2. The minimum absolute atomic E-state index is 0.214. The van der Waals surface area contributed by atoms with Gasteiger partial charge in [-0.15, -0.1) is 0 Å². The van der Waals surface area contributed by atoms with E-state index >= 15 is 0 Å². The Labute approximate surface area is 122 Å². The second-order valence-corrected chi connectivity index (χ2v) is 4.98. The predicted octanol–water partition coefficient (Wildman–Crippen LogP) is 4.31. The minimum atomic E-state index is -0.347. The maximum Gasteiger partial charge on any atom is 0.323 e. The number of phenols is 1. The fraction of sp³-hybridized carbons (Fsp3) is 0.133. The molecule has 3 N–H and O–H groups in total. The van der Waals surface area contributed by atoms with Gasteiger partial charge in [0.1, 0.15) is 5.75 Å². The van der Waals surface area contributed by atoms with Crippen LogP contribution in [0.1, 0.15) is 11.1 Å². The van der Waals surface area contributed by atoms with Gasteiger partial charge in [-0.2, -0.15) is 0 Å². The van der Waals surface area contributed by atoms with Gasteiger partial charge in [0.15, 0.2) is 0 Å². The Balaban J connectivity index is 2.08. The Hall–Kier alpha value is -2.20. The first-order chi connectivity index (χ1) is 9.45. The van der Waals surface area contributed by atoms with Crippen LogP contribution in [0.2, 0.25) is 5.02 Å². The Morgan fingerprint density at radius 2 is 1.70 bits per heavy atom. The number of hydrogen-bond acceptors (Lipinski definition) is 2. The molecule has 0 aliphatic carbocycles. The fourth-order valence-electron chi connectivity index (χ4n) is 1.75. The Morgan fingerprint density at radius 3 is 2.35 bits per heavy atom. The van der Waals surface area contributed by atoms with E-state index in [9.17, 15) is 9.90 Å². The number of carbonyl (C=O) groups excluding carboxylic acids is 1. The summed E-state index contributed by atoms with van der Waals surface area (Å²) >= 11 is 5.78. The van der Waals surface area contributed by atoms with Crippen LogP contribution in [-0.4, -0.2) is 11.1 Å². The molecule has 2 aromatic carbocycles. The van der Waals surface area contributed by atoms with Gasteiger partial charge in [-0.05, 0) is 61.4 Å². The second-order valence-electron chi connectivity index (χ2n) is 4.54. The Morgan fingerprint density at radius 1 is 1.05 bits per heavy atom. The lowest BCUT2D eigenvalue weighted by Gasteiger charge is -2.11. The average Bonchev–Trinajstić information content (AvgIpc) is 2.39. The predicted molar refractivity (Wildman–Crippen MR) is 81.7 cm³/mol. The number of benzene rings is 2. The summed E-state index contributed by atoms with van der Waals surface area (Å²) in [7, 11) is 0. The summed E-state index contributed by atoms with van der Waals surface area (Å²) in [5.41, 5.74) is 2.81. The number of amides is 2. The molecule has 20 heavy (non-hydrogen) atoms. The monoisotopic (exact) mass is 290 g/mol. The standard InChI is InChI=1S/C15H15ClN2O2/c1-9-8-14(19)10(2)7-13(9)18-15(20)17-12-5-3-11(16)4-6-12/h3-8,19H,1-2H3,(H2,17,18,20). The third kappa shape index (κ3) is 3.42. The highest BCUT2D eigenvalue weighted by Gasteiger charge is 2.07. The van der Waals surface area contributed by atoms with Crippen LogP contribution < -0.4 is 10.6 Å². The molecule has 2 aromatic rings. The molecule has 2 amide bonds. The molecular weight excluding hydrogens is 276 g/mol. The van der Waals surface area contributed by atoms with Gasteiger partial charge >= 0.3 is 6.03 Å². The molecule has 2 rings (SSSR count). The molecule has 0 saturated carbocycles. The van der Waals surface area contributed by atoms with Crippen LogP contribution in [0.25, 0.3) is 0 Å². The van der Waals surface area contributed by atoms with Gasteiger partial charge in [-0.25, -0.2) is 4.79 Å². The van der Waals surface area contributed by atoms with Crippen LogP contribution in [0.4, 0.5) is 16.2 Å². The van der Waals surface area contributed by atoms with Gasteiger partial charge in [0.25, 0.3) is 0 Å². The second kappa shape index (κ2) is 5.84. The number of nitrogens with one attached hydrogen (secondary N) is 2. The zero-order chi connectivity index (χ0) is 14.7. The molecule has 4 nitrogen and oxygen atoms in total. The molecule has 0 atom stereocenters. The molecule has 0 fully saturated rings. The number of rotatable bonds is 2. The van der Waals surface area contributed by atoms with Gasteiger partial charge in [-0.1, -0.05) is 11.6 Å². The maximum absolute atomic E-state index is 11.9. The zero-order valence-corrected chi connectivity index (χ0v) is 12.0. The molecule has 0 radical (unpaired) electrons. The van der Waals surface area contributed by atoms with Crippen molar-refractivity contribution in [3.63, 3.8) is 0 Å². The van der Waals surface area contributed by atoms with Crippen molar-refractivity contribution < 1.29 is 9.90 Å². The summed E-state index contributed by atoms with van der Waals surface area (Å²) in [4.78, 5) is 11.9. The van der Waals surface area contributed by atoms with Crippen molar-refractivity contribution in [3.8, 4) is 5.75 Å². The topological polar surface area (TPSA) is 61.4 Å². The van der Waals surface area contributed by atoms with Crippen molar-refractivity contribution in [2.75, 3.05) is 10.6 Å². The zero-order valence-electron chi connectivity index (χ0n) is 11.2. The number of urea groups is 1. The molecule has 0 aliphatic heterocycles. The number of halogens is 1. The van der Waals surface area contributed by atoms with E-state index in [4.69, 9.17) is 11.6 Å². The normalized spacial score (nSPS) is 10.2. The van der Waals surface area contributed by atoms with Crippen LogP contribution in [0.5, 0.6) is 5.75 Å². The van der Waals surface area contributed by atoms with E-state index in [2.05, 4.69) is 10.6 Å². The van der Waals surface area contributed by atoms with Crippen molar-refractivity contribution in [2.24, 2.45) is 0 Å². The molecule has 0 aromatic heterocycles. The number of carbonyl (C=O) groups is 1. The summed E-state index contributed by atoms with van der Waals surface area (Å²) < 4.78 is 0. The lowest BCUT2D eigenvalue weighted by molar-refractivity contribution is 0.262. The fourth-order valence-corrected chi connectivity index (χ4v) is 1.88. The Kier molecular flexibility index (Phi) is 4.15. The maximum atomic E-state index is 11.9. The third-order valence-electron chi connectivity index (χ3n) is 2.89. The first-order valence-electron chi connectivity index (χ1n) is 6.09. The van der Waals surface area contributed by atoms with Crippen LogP contribution in [0.15, 0.2) is 36.4 Å². The lowest BCUT2D eigenvalue weighted by Crippen LogP contribution is -2.20. The number of hydrogen-bond donors (Lipinski definition) is 3. The van der Waals surface area contributed by atoms with Crippen molar-refractivity contribution in [2.45, 2.75) is 13.8 Å². The van der Waals surface area contributed by atoms with Crippen LogP contribution in [-0.2, 0) is 0 Å². The smallest absolute Gasteiger partial charge is 0.323 e. The SMILES string of the molecule is Cc1cc(NC(=O)Nc2ccc(Cl)cc2)c(C)cc1O. The van der Waals surface area contributed by atoms with Gasteiger partial charge in [0, 0.05) is 16.4 Å². The van der Waals surface area contributed by atoms with Crippen LogP contribution in [0, 0.1) is 13.8 Å². The Bertz CT molecular complexity index is 639. The summed E-state index contributed by atoms with van der Waals surface area (Å²) in [5, 5.41) is 15.6. The first kappa shape index (κ1) is 14.2. The summed E-state index contributed by atoms with van der Waals surface area (Å²) in [6, 6.07) is 9.84. The molecular formula is C15H15ClN2O2. The van der Waals surface area contributed by atoms with Crippen molar-refractivity contribution in [3.05, 3.63) is 52.5 Å². The van der Waals surface area contributed by atoms with Gasteiger partial charge in [-0.3, -0.25) is 0 Å². The summed E-state index contributed by atoms with van der Waals surface area (Å²) in [6.07, 6.45) is 0. The van der Waals surface area contributed by atoms with E-state index in [0.717, 1.165) is 5.56 Å². The molecule has 0 aliphatic rings. The van der Waals surface area contributed by atoms with Crippen molar-refractivity contribution in [1.29, 1.82) is 0 Å². The molecule has 0 bridgehead atoms. The lowest BCUT2D eigenvalue weighted by atomic mass is 10.1. The minimum Gasteiger partial charge on any atom is -0.508 e. The van der Waals surface area contributed by atoms with Gasteiger partial charge in [0.05, 0.1) is 0 Å². The molecule has 0 unspecified atom stereocenters. The van der Waals surface area contributed by atoms with E-state index in [0.29, 0.717) is 22.0 Å². The van der Waals surface area contributed by atoms with E-state index in [-0.39, 0.29) is 11.8 Å². The van der Waals surface area contributed by atoms with E-state index in [1.807, 2.05) is 6.92 Å². The van der Waals surface area contributed by atoms with Crippen molar-refractivity contribution in [1.82, 2.24) is 0 Å². The van der Waals surface area contributed by atoms with Crippen molar-refractivity contribution >= 4 is 29.0 Å². The summed E-state index contributed by atoms with van der Waals surface area (Å²) in [6.45, 7) is 3.59. The van der Waals surface area contributed by atoms with E-state index in [1.54, 1.807) is 43.3 Å². The van der Waals surface area contributed by atoms with Crippen LogP contribution in [0.3, 0.4) is 0 Å². The van der Waals surface area contributed by atoms with Crippen LogP contribution >= 0.6 is 11.6 Å². The highest BCUT2D eigenvalue weighted by molar-refractivity contribution is 6.30. The first-order valence-corrected chi connectivity index (χ1v) is 6.47. The van der Waals surface area contributed by atoms with E-state index < -0.39 is 0 Å². The number of aromatic hydroxyl groups is 1. The molecule has 0 heterocycles. The molecule has 0 spiro atoms. The quantitative estimate of drug-likeness (QED) is 0.722. The average molecular weight is 291 g/mol. The number of phenolic OH excluding ortho intramolecular Hbond substituents is 1. The van der Waals surface area contributed by atoms with Gasteiger partial charge < -0.3 is 15.7 Å². The van der Waals surface area contributed by atoms with Gasteiger partial charge in [0.2, 0.25) is 0 Å². The highest BCUT2D eigenvalue weighted by Crippen LogP contribution is 2.25. The summed E-state index contributed by atoms with van der Waals surface area (Å²) in [5.74, 6) is 0.214. The number of aryl methyl sites for hydroxylation is 2. The molecule has 104 valence electrons. The molecule has 5 heteroatoms.